The SMILES string of the molecule is COc1cc(-c2ccc(-c3cc(C(=O)N(C)C)c(O)c4ccccc34)cc2)cc(OC)c1CC1CCCC(C2=CC=C(C(=O)O)CC2)CCC1. The number of rotatable bonds is 9. The van der Waals surface area contributed by atoms with Crippen LogP contribution in [0.5, 0.6) is 17.2 Å². The van der Waals surface area contributed by atoms with Gasteiger partial charge < -0.3 is 24.6 Å². The quantitative estimate of drug-likeness (QED) is 0.184. The molecule has 1 saturated carbocycles. The van der Waals surface area contributed by atoms with Gasteiger partial charge in [0.25, 0.3) is 5.91 Å². The van der Waals surface area contributed by atoms with E-state index in [2.05, 4.69) is 42.5 Å². The van der Waals surface area contributed by atoms with E-state index in [1.54, 1.807) is 34.4 Å². The lowest BCUT2D eigenvalue weighted by molar-refractivity contribution is -0.132. The number of allylic oxidation sites excluding steroid dienone is 3. The molecule has 2 aliphatic rings. The summed E-state index contributed by atoms with van der Waals surface area (Å²) in [6.07, 6.45) is 13.2. The average molecular weight is 674 g/mol. The van der Waals surface area contributed by atoms with Gasteiger partial charge in [0.05, 0.1) is 19.8 Å². The predicted molar refractivity (Wildman–Crippen MR) is 199 cm³/mol. The maximum absolute atomic E-state index is 13.0. The van der Waals surface area contributed by atoms with E-state index < -0.39 is 5.97 Å². The van der Waals surface area contributed by atoms with Crippen molar-refractivity contribution in [1.29, 1.82) is 0 Å². The Kier molecular flexibility index (Phi) is 10.6. The largest absolute Gasteiger partial charge is 0.506 e. The molecule has 260 valence electrons. The number of carbonyl (C=O) groups excluding carboxylic acids is 1. The number of methoxy groups -OCH3 is 2. The lowest BCUT2D eigenvalue weighted by atomic mass is 9.78. The van der Waals surface area contributed by atoms with E-state index >= 15 is 0 Å². The van der Waals surface area contributed by atoms with Crippen LogP contribution >= 0.6 is 0 Å². The number of benzene rings is 4. The zero-order valence-corrected chi connectivity index (χ0v) is 29.5. The van der Waals surface area contributed by atoms with Crippen LogP contribution in [0.2, 0.25) is 0 Å². The summed E-state index contributed by atoms with van der Waals surface area (Å²) in [5.41, 5.74) is 7.15. The topological polar surface area (TPSA) is 96.3 Å². The van der Waals surface area contributed by atoms with Gasteiger partial charge in [-0.15, -0.1) is 0 Å². The van der Waals surface area contributed by atoms with Gasteiger partial charge in [-0.05, 0) is 89.8 Å². The maximum Gasteiger partial charge on any atom is 0.331 e. The van der Waals surface area contributed by atoms with Crippen molar-refractivity contribution >= 4 is 22.6 Å². The van der Waals surface area contributed by atoms with Gasteiger partial charge in [0.1, 0.15) is 17.2 Å². The molecule has 0 spiro atoms. The second kappa shape index (κ2) is 15.2. The van der Waals surface area contributed by atoms with Crippen LogP contribution in [0.25, 0.3) is 33.0 Å². The number of carboxylic acid groups (broad SMARTS) is 1. The number of phenolic OH excluding ortho intramolecular Hbond substituents is 1. The Morgan fingerprint density at radius 3 is 1.96 bits per heavy atom. The Hall–Kier alpha value is -5.04. The van der Waals surface area contributed by atoms with E-state index in [4.69, 9.17) is 9.47 Å². The van der Waals surface area contributed by atoms with E-state index in [-0.39, 0.29) is 17.2 Å². The molecule has 50 heavy (non-hydrogen) atoms. The van der Waals surface area contributed by atoms with Gasteiger partial charge in [-0.3, -0.25) is 4.79 Å². The molecule has 7 nitrogen and oxygen atoms in total. The molecule has 2 aliphatic carbocycles. The number of aromatic hydroxyl groups is 1. The first-order chi connectivity index (χ1) is 24.2. The van der Waals surface area contributed by atoms with Crippen LogP contribution in [-0.4, -0.2) is 55.3 Å². The van der Waals surface area contributed by atoms with Crippen molar-refractivity contribution in [3.05, 3.63) is 101 Å². The molecular formula is C43H47NO6. The van der Waals surface area contributed by atoms with Gasteiger partial charge >= 0.3 is 5.97 Å². The summed E-state index contributed by atoms with van der Waals surface area (Å²) in [6.45, 7) is 0. The third-order valence-corrected chi connectivity index (χ3v) is 10.6. The monoisotopic (exact) mass is 673 g/mol. The first kappa shape index (κ1) is 34.8. The third kappa shape index (κ3) is 7.28. The summed E-state index contributed by atoms with van der Waals surface area (Å²) in [4.78, 5) is 25.8. The van der Waals surface area contributed by atoms with Crippen molar-refractivity contribution in [2.75, 3.05) is 28.3 Å². The minimum absolute atomic E-state index is 0.00470. The van der Waals surface area contributed by atoms with Crippen molar-refractivity contribution in [3.63, 3.8) is 0 Å². The molecule has 0 saturated heterocycles. The van der Waals surface area contributed by atoms with Gasteiger partial charge in [-0.1, -0.05) is 91.9 Å². The van der Waals surface area contributed by atoms with Crippen molar-refractivity contribution in [2.45, 2.75) is 57.8 Å². The maximum atomic E-state index is 13.0. The number of nitrogens with zero attached hydrogens (tertiary/aromatic N) is 1. The minimum atomic E-state index is -0.800. The van der Waals surface area contributed by atoms with Gasteiger partial charge in [-0.2, -0.15) is 0 Å². The normalized spacial score (nSPS) is 18.0. The fourth-order valence-corrected chi connectivity index (χ4v) is 7.83. The number of fused-ring (bicyclic) bond motifs is 1. The van der Waals surface area contributed by atoms with Crippen LogP contribution in [0.4, 0.5) is 0 Å². The average Bonchev–Trinajstić information content (AvgIpc) is 3.12. The highest BCUT2D eigenvalue weighted by Crippen LogP contribution is 2.42. The number of ether oxygens (including phenoxy) is 2. The second-order valence-electron chi connectivity index (χ2n) is 13.9. The second-order valence-corrected chi connectivity index (χ2v) is 13.9. The number of phenols is 1. The number of carbonyl (C=O) groups is 2. The van der Waals surface area contributed by atoms with Gasteiger partial charge in [-0.25, -0.2) is 4.79 Å². The summed E-state index contributed by atoms with van der Waals surface area (Å²) < 4.78 is 12.0. The van der Waals surface area contributed by atoms with Crippen molar-refractivity contribution in [1.82, 2.24) is 4.90 Å². The van der Waals surface area contributed by atoms with Crippen LogP contribution in [-0.2, 0) is 11.2 Å². The molecule has 6 rings (SSSR count). The van der Waals surface area contributed by atoms with E-state index in [1.807, 2.05) is 30.3 Å². The molecule has 7 heteroatoms. The van der Waals surface area contributed by atoms with Crippen LogP contribution in [0.3, 0.4) is 0 Å². The van der Waals surface area contributed by atoms with E-state index in [0.717, 1.165) is 96.1 Å². The van der Waals surface area contributed by atoms with Crippen LogP contribution in [0, 0.1) is 11.8 Å². The van der Waals surface area contributed by atoms with E-state index in [1.165, 1.54) is 10.5 Å². The van der Waals surface area contributed by atoms with Crippen LogP contribution < -0.4 is 9.47 Å². The lowest BCUT2D eigenvalue weighted by Crippen LogP contribution is -2.21. The van der Waals surface area contributed by atoms with Crippen LogP contribution in [0.15, 0.2) is 90.0 Å². The molecule has 0 heterocycles. The molecule has 1 amide bonds. The number of amides is 1. The molecule has 0 aromatic heterocycles. The summed E-state index contributed by atoms with van der Waals surface area (Å²) in [6, 6.07) is 21.9. The Balaban J connectivity index is 1.21. The van der Waals surface area contributed by atoms with Crippen molar-refractivity contribution in [2.24, 2.45) is 11.8 Å². The number of carboxylic acids is 1. The van der Waals surface area contributed by atoms with Gasteiger partial charge in [0, 0.05) is 30.6 Å². The standard InChI is InChI=1S/C43H47NO6/c1-44(2)42(46)38-26-36(34-13-5-6-14-35(34)41(38)45)31-19-15-30(16-20-31)33-24-39(49-3)37(40(25-33)50-4)23-27-9-7-11-28(12-8-10-27)29-17-21-32(22-18-29)43(47)48/h5-6,13-17,19-21,24-28,45H,7-12,18,22-23H2,1-4H3,(H,47,48). The van der Waals surface area contributed by atoms with Crippen LogP contribution in [0.1, 0.15) is 67.3 Å². The fraction of sp³-hybridized carbons (Fsp3) is 0.349. The Labute approximate surface area is 294 Å². The molecular weight excluding hydrogens is 626 g/mol. The Bertz CT molecular complexity index is 1920. The summed E-state index contributed by atoms with van der Waals surface area (Å²) in [5.74, 6) is 1.68. The molecule has 4 aromatic carbocycles. The summed E-state index contributed by atoms with van der Waals surface area (Å²) in [5, 5.41) is 21.8. The first-order valence-corrected chi connectivity index (χ1v) is 17.6. The summed E-state index contributed by atoms with van der Waals surface area (Å²) >= 11 is 0. The molecule has 2 N–H and O–H groups in total. The summed E-state index contributed by atoms with van der Waals surface area (Å²) in [7, 11) is 6.81. The number of hydrogen-bond donors (Lipinski definition) is 2. The lowest BCUT2D eigenvalue weighted by Gasteiger charge is -2.28. The Morgan fingerprint density at radius 1 is 0.780 bits per heavy atom. The number of hydrogen-bond acceptors (Lipinski definition) is 5. The van der Waals surface area contributed by atoms with Gasteiger partial charge in [0.2, 0.25) is 0 Å². The zero-order valence-electron chi connectivity index (χ0n) is 29.5. The third-order valence-electron chi connectivity index (χ3n) is 10.6. The molecule has 4 aromatic rings. The highest BCUT2D eigenvalue weighted by atomic mass is 16.5. The van der Waals surface area contributed by atoms with Crippen molar-refractivity contribution in [3.8, 4) is 39.5 Å². The number of aliphatic carboxylic acids is 1. The zero-order chi connectivity index (χ0) is 35.4. The Morgan fingerprint density at radius 2 is 1.40 bits per heavy atom. The molecule has 0 radical (unpaired) electrons. The van der Waals surface area contributed by atoms with Crippen molar-refractivity contribution < 1.29 is 29.3 Å². The van der Waals surface area contributed by atoms with E-state index in [0.29, 0.717) is 29.2 Å². The first-order valence-electron chi connectivity index (χ1n) is 17.6. The molecule has 1 fully saturated rings. The smallest absolute Gasteiger partial charge is 0.331 e. The highest BCUT2D eigenvalue weighted by molar-refractivity contribution is 6.09. The molecule has 0 bridgehead atoms. The van der Waals surface area contributed by atoms with Gasteiger partial charge in [0.15, 0.2) is 0 Å². The van der Waals surface area contributed by atoms with E-state index in [9.17, 15) is 19.8 Å². The molecule has 0 atom stereocenters. The molecule has 0 unspecified atom stereocenters. The molecule has 0 aliphatic heterocycles. The fourth-order valence-electron chi connectivity index (χ4n) is 7.83. The minimum Gasteiger partial charge on any atom is -0.506 e. The highest BCUT2D eigenvalue weighted by Gasteiger charge is 2.25. The predicted octanol–water partition coefficient (Wildman–Crippen LogP) is 9.46.